The third kappa shape index (κ3) is 4.60. The van der Waals surface area contributed by atoms with Crippen LogP contribution in [0, 0.1) is 0 Å². The average molecular weight is 428 g/mol. The number of aromatic nitrogens is 2. The van der Waals surface area contributed by atoms with Crippen LogP contribution in [0.4, 0.5) is 0 Å². The predicted molar refractivity (Wildman–Crippen MR) is 117 cm³/mol. The van der Waals surface area contributed by atoms with E-state index in [0.717, 1.165) is 42.7 Å². The van der Waals surface area contributed by atoms with Crippen molar-refractivity contribution in [3.05, 3.63) is 59.4 Å². The number of hydrogen-bond donors (Lipinski definition) is 1. The van der Waals surface area contributed by atoms with E-state index in [0.29, 0.717) is 24.0 Å². The fraction of sp³-hybridized carbons (Fsp3) is 0.391. The van der Waals surface area contributed by atoms with E-state index in [1.807, 2.05) is 49.4 Å². The van der Waals surface area contributed by atoms with Gasteiger partial charge in [0.05, 0.1) is 28.7 Å². The maximum Gasteiger partial charge on any atom is 0.249 e. The number of fused-ring (bicyclic) bond motifs is 1. The van der Waals surface area contributed by atoms with Gasteiger partial charge in [-0.05, 0) is 50.5 Å². The Morgan fingerprint density at radius 1 is 1.30 bits per heavy atom. The van der Waals surface area contributed by atoms with E-state index in [4.69, 9.17) is 26.1 Å². The van der Waals surface area contributed by atoms with Crippen LogP contribution in [0.5, 0.6) is 5.75 Å². The number of carbonyl (C=O) groups excluding carboxylic acids is 1. The summed E-state index contributed by atoms with van der Waals surface area (Å²) in [4.78, 5) is 17.3. The smallest absolute Gasteiger partial charge is 0.249 e. The molecule has 0 radical (unpaired) electrons. The molecule has 0 aliphatic carbocycles. The molecule has 4 rings (SSSR count). The quantitative estimate of drug-likeness (QED) is 0.537. The molecule has 6 nitrogen and oxygen atoms in total. The zero-order valence-electron chi connectivity index (χ0n) is 17.0. The number of nitrogens with zero attached hydrogens (tertiary/aromatic N) is 2. The summed E-state index contributed by atoms with van der Waals surface area (Å²) in [6, 6.07) is 15.3. The number of para-hydroxylation sites is 3. The molecule has 1 amide bonds. The molecule has 3 aromatic rings. The normalized spacial score (nSPS) is 17.2. The number of benzene rings is 2. The second-order valence-corrected chi connectivity index (χ2v) is 7.88. The molecule has 2 atom stereocenters. The van der Waals surface area contributed by atoms with Crippen LogP contribution in [0.1, 0.15) is 38.1 Å². The Morgan fingerprint density at radius 2 is 2.10 bits per heavy atom. The van der Waals surface area contributed by atoms with Gasteiger partial charge in [-0.2, -0.15) is 0 Å². The predicted octanol–water partition coefficient (Wildman–Crippen LogP) is 4.52. The van der Waals surface area contributed by atoms with E-state index in [2.05, 4.69) is 16.0 Å². The van der Waals surface area contributed by atoms with Gasteiger partial charge in [-0.3, -0.25) is 4.79 Å². The zero-order chi connectivity index (χ0) is 20.9. The summed E-state index contributed by atoms with van der Waals surface area (Å²) in [7, 11) is 0. The van der Waals surface area contributed by atoms with E-state index in [9.17, 15) is 4.79 Å². The maximum atomic E-state index is 12.5. The van der Waals surface area contributed by atoms with Crippen molar-refractivity contribution < 1.29 is 14.3 Å². The Kier molecular flexibility index (Phi) is 6.55. The Bertz CT molecular complexity index is 1010. The van der Waals surface area contributed by atoms with Crippen LogP contribution in [0.3, 0.4) is 0 Å². The van der Waals surface area contributed by atoms with Gasteiger partial charge in [0.25, 0.3) is 0 Å². The van der Waals surface area contributed by atoms with Crippen molar-refractivity contribution in [2.24, 2.45) is 0 Å². The number of rotatable bonds is 8. The number of ether oxygens (including phenoxy) is 2. The highest BCUT2D eigenvalue weighted by molar-refractivity contribution is 6.32. The third-order valence-corrected chi connectivity index (χ3v) is 5.58. The van der Waals surface area contributed by atoms with E-state index < -0.39 is 0 Å². The van der Waals surface area contributed by atoms with Crippen molar-refractivity contribution in [2.45, 2.75) is 44.9 Å². The number of halogens is 1. The summed E-state index contributed by atoms with van der Waals surface area (Å²) in [6.07, 6.45) is 2.13. The molecular formula is C23H26ClN3O3. The molecule has 0 saturated carbocycles. The Labute approximate surface area is 181 Å². The highest BCUT2D eigenvalue weighted by Gasteiger charge is 2.26. The lowest BCUT2D eigenvalue weighted by Crippen LogP contribution is -2.36. The fourth-order valence-electron chi connectivity index (χ4n) is 3.78. The molecular weight excluding hydrogens is 402 g/mol. The molecule has 158 valence electrons. The first-order chi connectivity index (χ1) is 14.6. The maximum absolute atomic E-state index is 12.5. The van der Waals surface area contributed by atoms with Gasteiger partial charge in [-0.15, -0.1) is 0 Å². The molecule has 2 unspecified atom stereocenters. The van der Waals surface area contributed by atoms with E-state index >= 15 is 0 Å². The van der Waals surface area contributed by atoms with Crippen LogP contribution in [-0.4, -0.2) is 34.8 Å². The topological polar surface area (TPSA) is 65.4 Å². The minimum absolute atomic E-state index is 0.0688. The summed E-state index contributed by atoms with van der Waals surface area (Å²) in [5.41, 5.74) is 1.96. The first-order valence-electron chi connectivity index (χ1n) is 10.4. The highest BCUT2D eigenvalue weighted by atomic mass is 35.5. The van der Waals surface area contributed by atoms with Crippen LogP contribution in [-0.2, 0) is 16.1 Å². The summed E-state index contributed by atoms with van der Waals surface area (Å²) in [5.74, 6) is 1.45. The average Bonchev–Trinajstić information content (AvgIpc) is 3.41. The number of imidazole rings is 1. The second-order valence-electron chi connectivity index (χ2n) is 7.47. The fourth-order valence-corrected chi connectivity index (χ4v) is 3.97. The van der Waals surface area contributed by atoms with Crippen LogP contribution >= 0.6 is 11.6 Å². The third-order valence-electron chi connectivity index (χ3n) is 5.27. The van der Waals surface area contributed by atoms with Gasteiger partial charge < -0.3 is 19.4 Å². The molecule has 1 saturated heterocycles. The van der Waals surface area contributed by atoms with Gasteiger partial charge in [0.1, 0.15) is 17.7 Å². The van der Waals surface area contributed by atoms with E-state index in [1.54, 1.807) is 0 Å². The van der Waals surface area contributed by atoms with Gasteiger partial charge in [0, 0.05) is 13.2 Å². The molecule has 1 aliphatic rings. The SMILES string of the molecule is CC(NC(=O)C1CCCO1)c1nc2ccccc2n1CCCOc1ccccc1Cl. The first kappa shape index (κ1) is 20.7. The Morgan fingerprint density at radius 3 is 2.90 bits per heavy atom. The largest absolute Gasteiger partial charge is 0.492 e. The van der Waals surface area contributed by atoms with Gasteiger partial charge in [0.15, 0.2) is 0 Å². The minimum Gasteiger partial charge on any atom is -0.492 e. The van der Waals surface area contributed by atoms with Crippen LogP contribution in [0.25, 0.3) is 11.0 Å². The van der Waals surface area contributed by atoms with Crippen molar-refractivity contribution in [1.82, 2.24) is 14.9 Å². The van der Waals surface area contributed by atoms with Crippen molar-refractivity contribution >= 4 is 28.5 Å². The highest BCUT2D eigenvalue weighted by Crippen LogP contribution is 2.24. The molecule has 0 bridgehead atoms. The van der Waals surface area contributed by atoms with Gasteiger partial charge in [0.2, 0.25) is 5.91 Å². The number of carbonyl (C=O) groups is 1. The molecule has 1 N–H and O–H groups in total. The summed E-state index contributed by atoms with van der Waals surface area (Å²) < 4.78 is 13.5. The van der Waals surface area contributed by atoms with Crippen molar-refractivity contribution in [3.63, 3.8) is 0 Å². The Hall–Kier alpha value is -2.57. The van der Waals surface area contributed by atoms with Gasteiger partial charge in [-0.25, -0.2) is 4.98 Å². The lowest BCUT2D eigenvalue weighted by molar-refractivity contribution is -0.130. The van der Waals surface area contributed by atoms with Crippen molar-refractivity contribution in [2.75, 3.05) is 13.2 Å². The second kappa shape index (κ2) is 9.49. The number of hydrogen-bond acceptors (Lipinski definition) is 4. The minimum atomic E-state index is -0.353. The molecule has 1 aliphatic heterocycles. The number of nitrogens with one attached hydrogen (secondary N) is 1. The van der Waals surface area contributed by atoms with Crippen LogP contribution in [0.2, 0.25) is 5.02 Å². The first-order valence-corrected chi connectivity index (χ1v) is 10.8. The van der Waals surface area contributed by atoms with Crippen LogP contribution < -0.4 is 10.1 Å². The molecule has 7 heteroatoms. The lowest BCUT2D eigenvalue weighted by Gasteiger charge is -2.18. The molecule has 0 spiro atoms. The lowest BCUT2D eigenvalue weighted by atomic mass is 10.2. The van der Waals surface area contributed by atoms with Gasteiger partial charge >= 0.3 is 0 Å². The van der Waals surface area contributed by atoms with Crippen molar-refractivity contribution in [3.8, 4) is 5.75 Å². The number of aryl methyl sites for hydroxylation is 1. The van der Waals surface area contributed by atoms with E-state index in [-0.39, 0.29) is 18.1 Å². The van der Waals surface area contributed by atoms with E-state index in [1.165, 1.54) is 0 Å². The summed E-state index contributed by atoms with van der Waals surface area (Å²) in [5, 5.41) is 3.68. The van der Waals surface area contributed by atoms with Crippen LogP contribution in [0.15, 0.2) is 48.5 Å². The monoisotopic (exact) mass is 427 g/mol. The molecule has 1 fully saturated rings. The van der Waals surface area contributed by atoms with Crippen molar-refractivity contribution in [1.29, 1.82) is 0 Å². The summed E-state index contributed by atoms with van der Waals surface area (Å²) in [6.45, 7) is 3.87. The molecule has 1 aromatic heterocycles. The standard InChI is InChI=1S/C23H26ClN3O3/c1-16(25-23(28)21-12-6-14-30-21)22-26-18-9-3-4-10-19(18)27(22)13-7-15-29-20-11-5-2-8-17(20)24/h2-5,8-11,16,21H,6-7,12-15H2,1H3,(H,25,28). The molecule has 2 aromatic carbocycles. The van der Waals surface area contributed by atoms with Gasteiger partial charge in [-0.1, -0.05) is 35.9 Å². The number of amides is 1. The summed E-state index contributed by atoms with van der Waals surface area (Å²) >= 11 is 6.16. The Balaban J connectivity index is 1.45. The zero-order valence-corrected chi connectivity index (χ0v) is 17.8. The molecule has 30 heavy (non-hydrogen) atoms. The molecule has 2 heterocycles.